The maximum absolute atomic E-state index is 12.9. The summed E-state index contributed by atoms with van der Waals surface area (Å²) in [6.45, 7) is 5.67. The first kappa shape index (κ1) is 24.3. The molecule has 0 radical (unpaired) electrons. The molecule has 1 aliphatic rings. The maximum atomic E-state index is 12.9. The number of carbonyl (C=O) groups is 2. The highest BCUT2D eigenvalue weighted by atomic mass is 32.2. The Kier molecular flexibility index (Phi) is 6.83. The van der Waals surface area contributed by atoms with Crippen LogP contribution in [0.5, 0.6) is 0 Å². The second kappa shape index (κ2) is 9.83. The Balaban J connectivity index is 1.25. The molecule has 4 heterocycles. The van der Waals surface area contributed by atoms with Gasteiger partial charge in [0.2, 0.25) is 15.9 Å². The van der Waals surface area contributed by atoms with Crippen molar-refractivity contribution in [1.82, 2.24) is 39.8 Å². The molecule has 3 aromatic heterocycles. The standard InChI is InChI=1S/C19H25N9O6S/c1-12-8-16(24-33-12)21-19(30)20-9-15-10-27(25-22-15)11-17(29)26-4-6-28(7-5-26)35(31,32)18-13(2)23-34-14(18)3/h8,10H,4-7,9,11H2,1-3H3,(H2,20,21,24,30). The molecule has 35 heavy (non-hydrogen) atoms. The average molecular weight is 508 g/mol. The van der Waals surface area contributed by atoms with Gasteiger partial charge in [-0.3, -0.25) is 10.1 Å². The van der Waals surface area contributed by atoms with Gasteiger partial charge in [0.05, 0.1) is 12.7 Å². The van der Waals surface area contributed by atoms with Crippen molar-refractivity contribution >= 4 is 27.8 Å². The second-order valence-electron chi connectivity index (χ2n) is 7.98. The van der Waals surface area contributed by atoms with E-state index in [-0.39, 0.29) is 61.6 Å². The molecule has 0 saturated carbocycles. The number of urea groups is 1. The number of rotatable bonds is 7. The van der Waals surface area contributed by atoms with Gasteiger partial charge in [0.25, 0.3) is 0 Å². The van der Waals surface area contributed by atoms with Crippen LogP contribution >= 0.6 is 0 Å². The van der Waals surface area contributed by atoms with Crippen LogP contribution in [-0.2, 0) is 27.9 Å². The lowest BCUT2D eigenvalue weighted by atomic mass is 10.3. The van der Waals surface area contributed by atoms with E-state index >= 15 is 0 Å². The van der Waals surface area contributed by atoms with Gasteiger partial charge in [-0.2, -0.15) is 4.31 Å². The molecule has 2 N–H and O–H groups in total. The fourth-order valence-corrected chi connectivity index (χ4v) is 5.36. The number of amides is 3. The van der Waals surface area contributed by atoms with E-state index in [0.29, 0.717) is 17.1 Å². The Bertz CT molecular complexity index is 1300. The van der Waals surface area contributed by atoms with E-state index < -0.39 is 16.1 Å². The van der Waals surface area contributed by atoms with Crippen LogP contribution in [0, 0.1) is 20.8 Å². The first-order chi connectivity index (χ1) is 16.6. The van der Waals surface area contributed by atoms with Gasteiger partial charge >= 0.3 is 6.03 Å². The van der Waals surface area contributed by atoms with Crippen molar-refractivity contribution < 1.29 is 27.1 Å². The third-order valence-electron chi connectivity index (χ3n) is 5.34. The van der Waals surface area contributed by atoms with Crippen LogP contribution in [0.15, 0.2) is 26.2 Å². The van der Waals surface area contributed by atoms with Crippen LogP contribution < -0.4 is 10.6 Å². The summed E-state index contributed by atoms with van der Waals surface area (Å²) in [6, 6.07) is 1.08. The summed E-state index contributed by atoms with van der Waals surface area (Å²) in [4.78, 5) is 26.3. The van der Waals surface area contributed by atoms with Crippen molar-refractivity contribution in [3.8, 4) is 0 Å². The van der Waals surface area contributed by atoms with E-state index in [4.69, 9.17) is 9.05 Å². The van der Waals surface area contributed by atoms with Gasteiger partial charge in [0.1, 0.15) is 28.6 Å². The smallest absolute Gasteiger partial charge is 0.320 e. The lowest BCUT2D eigenvalue weighted by molar-refractivity contribution is -0.133. The highest BCUT2D eigenvalue weighted by Crippen LogP contribution is 2.24. The monoisotopic (exact) mass is 507 g/mol. The number of anilines is 1. The zero-order valence-corrected chi connectivity index (χ0v) is 20.2. The molecule has 1 aliphatic heterocycles. The number of aromatic nitrogens is 5. The summed E-state index contributed by atoms with van der Waals surface area (Å²) in [5.74, 6) is 0.872. The van der Waals surface area contributed by atoms with Crippen LogP contribution in [0.1, 0.15) is 22.9 Å². The summed E-state index contributed by atoms with van der Waals surface area (Å²) < 4.78 is 38.4. The lowest BCUT2D eigenvalue weighted by Gasteiger charge is -2.33. The Morgan fingerprint density at radius 1 is 1.09 bits per heavy atom. The van der Waals surface area contributed by atoms with E-state index in [1.54, 1.807) is 37.9 Å². The molecule has 15 nitrogen and oxygen atoms in total. The minimum Gasteiger partial charge on any atom is -0.360 e. The molecular formula is C19H25N9O6S. The number of piperazine rings is 1. The molecule has 0 unspecified atom stereocenters. The minimum atomic E-state index is -3.75. The second-order valence-corrected chi connectivity index (χ2v) is 9.85. The van der Waals surface area contributed by atoms with Crippen LogP contribution in [0.3, 0.4) is 0 Å². The average Bonchev–Trinajstić information content (AvgIpc) is 3.53. The Morgan fingerprint density at radius 3 is 2.46 bits per heavy atom. The molecule has 4 rings (SSSR count). The van der Waals surface area contributed by atoms with E-state index in [9.17, 15) is 18.0 Å². The molecular weight excluding hydrogens is 482 g/mol. The van der Waals surface area contributed by atoms with Gasteiger partial charge in [0, 0.05) is 32.2 Å². The maximum Gasteiger partial charge on any atom is 0.320 e. The normalized spacial score (nSPS) is 14.8. The number of hydrogen-bond acceptors (Lipinski definition) is 10. The van der Waals surface area contributed by atoms with Crippen molar-refractivity contribution in [3.63, 3.8) is 0 Å². The quantitative estimate of drug-likeness (QED) is 0.443. The van der Waals surface area contributed by atoms with Crippen LogP contribution in [-0.4, -0.2) is 81.0 Å². The number of aryl methyl sites for hydroxylation is 3. The molecule has 0 atom stereocenters. The van der Waals surface area contributed by atoms with Crippen molar-refractivity contribution in [2.75, 3.05) is 31.5 Å². The lowest BCUT2D eigenvalue weighted by Crippen LogP contribution is -2.51. The van der Waals surface area contributed by atoms with E-state index in [1.807, 2.05) is 0 Å². The number of hydrogen-bond donors (Lipinski definition) is 2. The molecule has 16 heteroatoms. The molecule has 1 saturated heterocycles. The Labute approximate surface area is 200 Å². The zero-order valence-electron chi connectivity index (χ0n) is 19.4. The van der Waals surface area contributed by atoms with Crippen molar-refractivity contribution in [3.05, 3.63) is 35.2 Å². The molecule has 0 bridgehead atoms. The van der Waals surface area contributed by atoms with Gasteiger partial charge in [-0.25, -0.2) is 17.9 Å². The molecule has 188 valence electrons. The fourth-order valence-electron chi connectivity index (χ4n) is 3.64. The molecule has 0 aromatic carbocycles. The summed E-state index contributed by atoms with van der Waals surface area (Å²) in [5.41, 5.74) is 0.767. The molecule has 1 fully saturated rings. The zero-order chi connectivity index (χ0) is 25.2. The number of sulfonamides is 1. The summed E-state index contributed by atoms with van der Waals surface area (Å²) in [5, 5.41) is 20.4. The summed E-state index contributed by atoms with van der Waals surface area (Å²) in [6.07, 6.45) is 1.55. The summed E-state index contributed by atoms with van der Waals surface area (Å²) in [7, 11) is -3.75. The highest BCUT2D eigenvalue weighted by molar-refractivity contribution is 7.89. The van der Waals surface area contributed by atoms with Crippen molar-refractivity contribution in [1.29, 1.82) is 0 Å². The number of nitrogens with one attached hydrogen (secondary N) is 2. The predicted octanol–water partition coefficient (Wildman–Crippen LogP) is 0.0342. The van der Waals surface area contributed by atoms with Gasteiger partial charge in [-0.1, -0.05) is 15.5 Å². The van der Waals surface area contributed by atoms with Crippen LogP contribution in [0.4, 0.5) is 10.6 Å². The Morgan fingerprint density at radius 2 is 1.83 bits per heavy atom. The highest BCUT2D eigenvalue weighted by Gasteiger charge is 2.34. The van der Waals surface area contributed by atoms with Gasteiger partial charge in [0.15, 0.2) is 11.6 Å². The van der Waals surface area contributed by atoms with Gasteiger partial charge in [-0.05, 0) is 20.8 Å². The molecule has 0 spiro atoms. The van der Waals surface area contributed by atoms with E-state index in [1.165, 1.54) is 8.99 Å². The Hall–Kier alpha value is -3.79. The van der Waals surface area contributed by atoms with Crippen LogP contribution in [0.25, 0.3) is 0 Å². The minimum absolute atomic E-state index is 0.0615. The van der Waals surface area contributed by atoms with E-state index in [0.717, 1.165) is 0 Å². The largest absolute Gasteiger partial charge is 0.360 e. The van der Waals surface area contributed by atoms with Crippen molar-refractivity contribution in [2.45, 2.75) is 38.8 Å². The van der Waals surface area contributed by atoms with Gasteiger partial charge in [-0.15, -0.1) is 5.10 Å². The third kappa shape index (κ3) is 5.48. The first-order valence-corrected chi connectivity index (χ1v) is 12.2. The third-order valence-corrected chi connectivity index (χ3v) is 7.48. The van der Waals surface area contributed by atoms with Crippen LogP contribution in [0.2, 0.25) is 0 Å². The van der Waals surface area contributed by atoms with Gasteiger partial charge < -0.3 is 19.3 Å². The predicted molar refractivity (Wildman–Crippen MR) is 118 cm³/mol. The first-order valence-electron chi connectivity index (χ1n) is 10.7. The molecule has 3 aromatic rings. The molecule has 0 aliphatic carbocycles. The topological polar surface area (TPSA) is 182 Å². The fraction of sp³-hybridized carbons (Fsp3) is 0.474. The number of nitrogens with zero attached hydrogens (tertiary/aromatic N) is 7. The van der Waals surface area contributed by atoms with E-state index in [2.05, 4.69) is 31.3 Å². The molecule has 3 amide bonds. The van der Waals surface area contributed by atoms with Crippen molar-refractivity contribution in [2.24, 2.45) is 0 Å². The number of carbonyl (C=O) groups excluding carboxylic acids is 2. The SMILES string of the molecule is Cc1cc(NC(=O)NCc2cn(CC(=O)N3CCN(S(=O)(=O)c4c(C)noc4C)CC3)nn2)no1. The summed E-state index contributed by atoms with van der Waals surface area (Å²) >= 11 is 0.